The number of halogens is 1. The lowest BCUT2D eigenvalue weighted by Crippen LogP contribution is -2.34. The zero-order valence-corrected chi connectivity index (χ0v) is 21.1. The summed E-state index contributed by atoms with van der Waals surface area (Å²) in [5.41, 5.74) is 1.35. The van der Waals surface area contributed by atoms with Crippen LogP contribution in [0.2, 0.25) is 0 Å². The summed E-state index contributed by atoms with van der Waals surface area (Å²) in [6.45, 7) is 1.90. The van der Waals surface area contributed by atoms with Crippen molar-refractivity contribution in [1.82, 2.24) is 4.90 Å². The van der Waals surface area contributed by atoms with Crippen LogP contribution in [0.4, 0.5) is 10.5 Å². The van der Waals surface area contributed by atoms with Gasteiger partial charge in [-0.25, -0.2) is 0 Å². The van der Waals surface area contributed by atoms with Crippen LogP contribution in [0.1, 0.15) is 18.1 Å². The first-order valence-corrected chi connectivity index (χ1v) is 11.8. The van der Waals surface area contributed by atoms with Crippen LogP contribution in [0, 0.1) is 13.7 Å². The highest BCUT2D eigenvalue weighted by atomic mass is 127. The van der Waals surface area contributed by atoms with Crippen LogP contribution in [0.5, 0.6) is 11.5 Å². The standard InChI is InChI=1S/C22H19IN2O8S/c1-3-32-17-9-14(10-18-21(27)24(22(28)34-18)11-19(26)31-2)8-16(23)20(17)33-12-13-4-6-15(7-5-13)25(29)30/h4-10H,3,11-12H2,1-2H3/b18-10+. The fourth-order valence-electron chi connectivity index (χ4n) is 2.92. The summed E-state index contributed by atoms with van der Waals surface area (Å²) in [6.07, 6.45) is 1.55. The summed E-state index contributed by atoms with van der Waals surface area (Å²) in [6, 6.07) is 9.49. The van der Waals surface area contributed by atoms with Gasteiger partial charge in [0.1, 0.15) is 13.2 Å². The minimum absolute atomic E-state index is 0.00584. The Labute approximate surface area is 212 Å². The first-order chi connectivity index (χ1) is 16.2. The van der Waals surface area contributed by atoms with Gasteiger partial charge in [0.15, 0.2) is 11.5 Å². The third kappa shape index (κ3) is 6.05. The van der Waals surface area contributed by atoms with E-state index in [1.807, 2.05) is 6.92 Å². The quantitative estimate of drug-likeness (QED) is 0.136. The molecule has 0 saturated carbocycles. The van der Waals surface area contributed by atoms with E-state index in [0.717, 1.165) is 22.2 Å². The van der Waals surface area contributed by atoms with Crippen molar-refractivity contribution in [2.45, 2.75) is 13.5 Å². The van der Waals surface area contributed by atoms with Gasteiger partial charge < -0.3 is 14.2 Å². The Kier molecular flexibility index (Phi) is 8.50. The Balaban J connectivity index is 1.82. The van der Waals surface area contributed by atoms with Crippen molar-refractivity contribution in [1.29, 1.82) is 0 Å². The molecule has 12 heteroatoms. The maximum Gasteiger partial charge on any atom is 0.325 e. The average Bonchev–Trinajstić information content (AvgIpc) is 3.06. The number of carbonyl (C=O) groups is 3. The SMILES string of the molecule is CCOc1cc(/C=C2/SC(=O)N(CC(=O)OC)C2=O)cc(I)c1OCc1ccc([N+](=O)[O-])cc1. The fourth-order valence-corrected chi connectivity index (χ4v) is 4.54. The molecule has 34 heavy (non-hydrogen) atoms. The molecule has 1 aliphatic rings. The Morgan fingerprint density at radius 3 is 2.53 bits per heavy atom. The second-order valence-electron chi connectivity index (χ2n) is 6.82. The zero-order valence-electron chi connectivity index (χ0n) is 18.1. The molecule has 0 unspecified atom stereocenters. The summed E-state index contributed by atoms with van der Waals surface area (Å²) in [7, 11) is 1.18. The molecule has 3 rings (SSSR count). The van der Waals surface area contributed by atoms with E-state index in [2.05, 4.69) is 27.3 Å². The monoisotopic (exact) mass is 598 g/mol. The normalized spacial score (nSPS) is 14.4. The van der Waals surface area contributed by atoms with Gasteiger partial charge in [-0.2, -0.15) is 0 Å². The average molecular weight is 598 g/mol. The zero-order chi connectivity index (χ0) is 24.8. The van der Waals surface area contributed by atoms with E-state index >= 15 is 0 Å². The first-order valence-electron chi connectivity index (χ1n) is 9.88. The van der Waals surface area contributed by atoms with Gasteiger partial charge in [0.25, 0.3) is 16.8 Å². The number of carbonyl (C=O) groups excluding carboxylic acids is 3. The van der Waals surface area contributed by atoms with Crippen LogP contribution >= 0.6 is 34.4 Å². The maximum atomic E-state index is 12.6. The van der Waals surface area contributed by atoms with E-state index < -0.39 is 28.6 Å². The van der Waals surface area contributed by atoms with Crippen molar-refractivity contribution in [3.63, 3.8) is 0 Å². The molecule has 0 aromatic heterocycles. The third-order valence-electron chi connectivity index (χ3n) is 4.55. The molecule has 0 aliphatic carbocycles. The summed E-state index contributed by atoms with van der Waals surface area (Å²) in [5.74, 6) is -0.341. The third-order valence-corrected chi connectivity index (χ3v) is 6.26. The molecule has 2 amide bonds. The lowest BCUT2D eigenvalue weighted by molar-refractivity contribution is -0.384. The number of non-ortho nitro benzene ring substituents is 1. The number of nitro groups is 1. The maximum absolute atomic E-state index is 12.6. The largest absolute Gasteiger partial charge is 0.490 e. The second kappa shape index (κ2) is 11.3. The predicted molar refractivity (Wildman–Crippen MR) is 132 cm³/mol. The van der Waals surface area contributed by atoms with E-state index in [9.17, 15) is 24.5 Å². The molecule has 0 atom stereocenters. The Bertz CT molecular complexity index is 1170. The van der Waals surface area contributed by atoms with E-state index in [4.69, 9.17) is 9.47 Å². The molecule has 10 nitrogen and oxygen atoms in total. The first kappa shape index (κ1) is 25.5. The second-order valence-corrected chi connectivity index (χ2v) is 8.97. The van der Waals surface area contributed by atoms with Crippen LogP contribution in [0.25, 0.3) is 6.08 Å². The van der Waals surface area contributed by atoms with Gasteiger partial charge in [-0.05, 0) is 82.7 Å². The Morgan fingerprint density at radius 2 is 1.91 bits per heavy atom. The minimum Gasteiger partial charge on any atom is -0.490 e. The van der Waals surface area contributed by atoms with Crippen molar-refractivity contribution in [2.24, 2.45) is 0 Å². The van der Waals surface area contributed by atoms with Gasteiger partial charge in [-0.1, -0.05) is 0 Å². The van der Waals surface area contributed by atoms with Crippen molar-refractivity contribution in [3.05, 3.63) is 66.1 Å². The molecule has 1 fully saturated rings. The number of methoxy groups -OCH3 is 1. The molecule has 0 radical (unpaired) electrons. The van der Waals surface area contributed by atoms with Crippen molar-refractivity contribution in [2.75, 3.05) is 20.3 Å². The van der Waals surface area contributed by atoms with E-state index in [1.165, 1.54) is 19.2 Å². The van der Waals surface area contributed by atoms with E-state index in [-0.39, 0.29) is 17.2 Å². The van der Waals surface area contributed by atoms with Gasteiger partial charge in [0.2, 0.25) is 0 Å². The van der Waals surface area contributed by atoms with Gasteiger partial charge in [-0.15, -0.1) is 0 Å². The van der Waals surface area contributed by atoms with Crippen LogP contribution < -0.4 is 9.47 Å². The van der Waals surface area contributed by atoms with Crippen LogP contribution in [-0.4, -0.2) is 47.2 Å². The van der Waals surface area contributed by atoms with Gasteiger partial charge >= 0.3 is 5.97 Å². The van der Waals surface area contributed by atoms with Gasteiger partial charge in [0, 0.05) is 12.1 Å². The smallest absolute Gasteiger partial charge is 0.325 e. The Morgan fingerprint density at radius 1 is 1.21 bits per heavy atom. The number of amides is 2. The molecule has 1 saturated heterocycles. The molecular weight excluding hydrogens is 579 g/mol. The minimum atomic E-state index is -0.689. The topological polar surface area (TPSA) is 125 Å². The van der Waals surface area contributed by atoms with Crippen molar-refractivity contribution in [3.8, 4) is 11.5 Å². The molecule has 2 aromatic carbocycles. The molecule has 1 heterocycles. The number of thioether (sulfide) groups is 1. The number of hydrogen-bond acceptors (Lipinski definition) is 9. The Hall–Kier alpha value is -3.13. The van der Waals surface area contributed by atoms with Gasteiger partial charge in [0.05, 0.1) is 27.1 Å². The number of hydrogen-bond donors (Lipinski definition) is 0. The number of nitrogens with zero attached hydrogens (tertiary/aromatic N) is 2. The number of imide groups is 1. The molecule has 0 N–H and O–H groups in total. The number of rotatable bonds is 9. The summed E-state index contributed by atoms with van der Waals surface area (Å²) < 4.78 is 16.9. The molecule has 0 spiro atoms. The van der Waals surface area contributed by atoms with Crippen LogP contribution in [0.3, 0.4) is 0 Å². The van der Waals surface area contributed by atoms with Crippen molar-refractivity contribution < 1.29 is 33.5 Å². The lowest BCUT2D eigenvalue weighted by atomic mass is 10.1. The summed E-state index contributed by atoms with van der Waals surface area (Å²) >= 11 is 2.81. The highest BCUT2D eigenvalue weighted by Crippen LogP contribution is 2.38. The van der Waals surface area contributed by atoms with Crippen LogP contribution in [-0.2, 0) is 20.9 Å². The predicted octanol–water partition coefficient (Wildman–Crippen LogP) is 4.39. The number of ether oxygens (including phenoxy) is 3. The van der Waals surface area contributed by atoms with Crippen molar-refractivity contribution >= 4 is 63.2 Å². The lowest BCUT2D eigenvalue weighted by Gasteiger charge is -2.15. The highest BCUT2D eigenvalue weighted by Gasteiger charge is 2.36. The van der Waals surface area contributed by atoms with Crippen LogP contribution in [0.15, 0.2) is 41.3 Å². The fraction of sp³-hybridized carbons (Fsp3) is 0.227. The van der Waals surface area contributed by atoms with E-state index in [0.29, 0.717) is 27.2 Å². The highest BCUT2D eigenvalue weighted by molar-refractivity contribution is 14.1. The number of nitro benzene ring substituents is 1. The molecule has 2 aromatic rings. The molecule has 0 bridgehead atoms. The van der Waals surface area contributed by atoms with E-state index in [1.54, 1.807) is 30.3 Å². The number of esters is 1. The number of benzene rings is 2. The molecule has 1 aliphatic heterocycles. The summed E-state index contributed by atoms with van der Waals surface area (Å²) in [5, 5.41) is 10.3. The molecule has 178 valence electrons. The summed E-state index contributed by atoms with van der Waals surface area (Å²) in [4.78, 5) is 47.5. The molecular formula is C22H19IN2O8S. The van der Waals surface area contributed by atoms with Gasteiger partial charge in [-0.3, -0.25) is 29.4 Å².